The van der Waals surface area contributed by atoms with Gasteiger partial charge in [0.25, 0.3) is 0 Å². The van der Waals surface area contributed by atoms with Crippen LogP contribution in [0.2, 0.25) is 0 Å². The molecule has 0 unspecified atom stereocenters. The quantitative estimate of drug-likeness (QED) is 0.144. The molecule has 0 aromatic carbocycles. The summed E-state index contributed by atoms with van der Waals surface area (Å²) in [5.74, 6) is 0.644. The van der Waals surface area contributed by atoms with Gasteiger partial charge >= 0.3 is 0 Å². The zero-order chi connectivity index (χ0) is 27.8. The first kappa shape index (κ1) is 25.4. The summed E-state index contributed by atoms with van der Waals surface area (Å²) in [7, 11) is 0. The summed E-state index contributed by atoms with van der Waals surface area (Å²) in [4.78, 5) is 16.1. The number of nitrogen functional groups attached to an aromatic ring is 2. The summed E-state index contributed by atoms with van der Waals surface area (Å²) in [6, 6.07) is 0. The molecule has 0 spiro atoms. The van der Waals surface area contributed by atoms with E-state index in [0.717, 1.165) is 0 Å². The Morgan fingerprint density at radius 2 is 1.18 bits per heavy atom. The molecule has 212 valence electrons. The lowest BCUT2D eigenvalue weighted by molar-refractivity contribution is -0.188. The van der Waals surface area contributed by atoms with Crippen molar-refractivity contribution >= 4 is 33.7 Å². The van der Waals surface area contributed by atoms with Crippen LogP contribution < -0.4 is 11.5 Å². The lowest BCUT2D eigenvalue weighted by Gasteiger charge is -2.28. The van der Waals surface area contributed by atoms with E-state index in [1.807, 2.05) is 0 Å². The van der Waals surface area contributed by atoms with E-state index in [1.54, 1.807) is 0 Å². The highest BCUT2D eigenvalue weighted by Gasteiger charge is 2.63. The molecule has 4 bridgehead atoms. The molecule has 4 fully saturated rings. The second kappa shape index (κ2) is 8.94. The summed E-state index contributed by atoms with van der Waals surface area (Å²) < 4.78 is 25.6. The van der Waals surface area contributed by atoms with Gasteiger partial charge in [0.2, 0.25) is 0 Å². The third-order valence-corrected chi connectivity index (χ3v) is 7.87. The van der Waals surface area contributed by atoms with Gasteiger partial charge in [-0.2, -0.15) is 10.2 Å². The van der Waals surface area contributed by atoms with Gasteiger partial charge in [0.15, 0.2) is 23.8 Å². The summed E-state index contributed by atoms with van der Waals surface area (Å²) in [6.07, 6.45) is 1.44. The lowest BCUT2D eigenvalue weighted by atomic mass is 10.0. The monoisotopic (exact) mass is 558 g/mol. The number of aliphatic hydroxyl groups is 4. The fraction of sp³-hybridized carbons (Fsp3) is 0.545. The van der Waals surface area contributed by atoms with Crippen LogP contribution in [0.5, 0.6) is 0 Å². The van der Waals surface area contributed by atoms with Crippen LogP contribution >= 0.6 is 0 Å². The summed E-state index contributed by atoms with van der Waals surface area (Å²) >= 11 is 0. The molecule has 0 radical (unpaired) electrons. The van der Waals surface area contributed by atoms with Gasteiger partial charge in [0.1, 0.15) is 59.9 Å². The van der Waals surface area contributed by atoms with Crippen LogP contribution in [-0.2, 0) is 18.9 Å². The number of fused-ring (bicyclic) bond motifs is 6. The van der Waals surface area contributed by atoms with Gasteiger partial charge in [-0.25, -0.2) is 29.3 Å². The molecule has 18 nitrogen and oxygen atoms in total. The smallest absolute Gasteiger partial charge is 0.182 e. The molecule has 4 aliphatic heterocycles. The maximum atomic E-state index is 10.2. The van der Waals surface area contributed by atoms with Crippen LogP contribution in [0.3, 0.4) is 0 Å². The van der Waals surface area contributed by atoms with E-state index >= 15 is 0 Å². The molecule has 4 aromatic heterocycles. The van der Waals surface area contributed by atoms with Gasteiger partial charge in [-0.1, -0.05) is 0 Å². The van der Waals surface area contributed by atoms with Crippen LogP contribution in [0.15, 0.2) is 25.0 Å². The minimum absolute atomic E-state index is 0.155. The number of nitrogens with zero attached hydrogens (tertiary/aromatic N) is 8. The van der Waals surface area contributed by atoms with E-state index < -0.39 is 48.1 Å². The van der Waals surface area contributed by atoms with Crippen molar-refractivity contribution < 1.29 is 39.4 Å². The van der Waals surface area contributed by atoms with Crippen molar-refractivity contribution in [3.05, 3.63) is 25.0 Å². The van der Waals surface area contributed by atoms with Gasteiger partial charge in [-0.3, -0.25) is 0 Å². The summed E-state index contributed by atoms with van der Waals surface area (Å²) in [5.41, 5.74) is 10.3. The van der Waals surface area contributed by atoms with E-state index in [-0.39, 0.29) is 26.4 Å². The van der Waals surface area contributed by atoms with Crippen molar-refractivity contribution in [1.29, 1.82) is 0 Å². The summed E-state index contributed by atoms with van der Waals surface area (Å²) in [5, 5.41) is 48.8. The van der Waals surface area contributed by atoms with Crippen LogP contribution in [0.1, 0.15) is 12.5 Å². The Morgan fingerprint density at radius 1 is 0.750 bits per heavy atom. The van der Waals surface area contributed by atoms with E-state index in [9.17, 15) is 20.4 Å². The Hall–Kier alpha value is -3.62. The standard InChI is InChI=1S/2C11H13N5O4/c2*12-8-5-1-15-16(9(5)14-4-13-8)10-6-7(18)11(2-17,20-10)3-19-6/h2*1,4,6-7,10,17-18H,2-3H2,(H2,12,13,14)/t2*6-,7+,10-,11+/m11/s1. The molecule has 8 heterocycles. The van der Waals surface area contributed by atoms with Crippen molar-refractivity contribution in [3.63, 3.8) is 0 Å². The largest absolute Gasteiger partial charge is 0.393 e. The third-order valence-electron chi connectivity index (χ3n) is 7.87. The Balaban J connectivity index is 0.000000132. The fourth-order valence-electron chi connectivity index (χ4n) is 5.59. The molecule has 4 aliphatic rings. The fourth-order valence-corrected chi connectivity index (χ4v) is 5.59. The number of aromatic nitrogens is 8. The van der Waals surface area contributed by atoms with Crippen LogP contribution in [-0.4, -0.2) is 122 Å². The van der Waals surface area contributed by atoms with Crippen LogP contribution in [0, 0.1) is 0 Å². The van der Waals surface area contributed by atoms with Gasteiger partial charge in [0, 0.05) is 0 Å². The predicted octanol–water partition coefficient (Wildman–Crippen LogP) is -3.14. The number of anilines is 2. The normalized spacial score (nSPS) is 36.0. The highest BCUT2D eigenvalue weighted by molar-refractivity contribution is 5.85. The topological polar surface area (TPSA) is 257 Å². The van der Waals surface area contributed by atoms with Crippen molar-refractivity contribution in [3.8, 4) is 0 Å². The van der Waals surface area contributed by atoms with Gasteiger partial charge in [-0.15, -0.1) is 0 Å². The third kappa shape index (κ3) is 3.38. The van der Waals surface area contributed by atoms with Crippen molar-refractivity contribution in [2.75, 3.05) is 37.9 Å². The molecule has 18 heteroatoms. The first-order chi connectivity index (χ1) is 19.3. The number of hydrogen-bond acceptors (Lipinski definition) is 16. The molecular weight excluding hydrogens is 532 g/mol. The highest BCUT2D eigenvalue weighted by atomic mass is 16.7. The Bertz CT molecular complexity index is 1470. The first-order valence-corrected chi connectivity index (χ1v) is 12.4. The average Bonchev–Trinajstić information content (AvgIpc) is 3.81. The van der Waals surface area contributed by atoms with Crippen molar-refractivity contribution in [2.24, 2.45) is 0 Å². The molecular formula is C22H26N10O8. The van der Waals surface area contributed by atoms with Gasteiger partial charge < -0.3 is 50.8 Å². The zero-order valence-electron chi connectivity index (χ0n) is 20.8. The number of rotatable bonds is 4. The zero-order valence-corrected chi connectivity index (χ0v) is 20.8. The Labute approximate surface area is 224 Å². The molecule has 0 amide bonds. The predicted molar refractivity (Wildman–Crippen MR) is 131 cm³/mol. The number of aliphatic hydroxyl groups excluding tert-OH is 4. The molecule has 8 atom stereocenters. The molecule has 8 rings (SSSR count). The number of hydrogen-bond donors (Lipinski definition) is 6. The average molecular weight is 559 g/mol. The second-order valence-electron chi connectivity index (χ2n) is 10.1. The molecule has 40 heavy (non-hydrogen) atoms. The SMILES string of the molecule is Nc1ncnc2c1cnn2[C@@H]1O[C@@]2(CO)CO[C@@H]1[C@@H]2O.Nc1ncnc2c1cnn2[C@@H]1O[C@@]2(CO)CO[C@@H]1[C@@H]2O. The molecule has 4 aromatic rings. The van der Waals surface area contributed by atoms with E-state index in [4.69, 9.17) is 30.4 Å². The van der Waals surface area contributed by atoms with Crippen LogP contribution in [0.4, 0.5) is 11.6 Å². The first-order valence-electron chi connectivity index (χ1n) is 12.4. The minimum atomic E-state index is -1.09. The Morgan fingerprint density at radius 3 is 1.55 bits per heavy atom. The second-order valence-corrected chi connectivity index (χ2v) is 10.1. The number of nitrogens with two attached hydrogens (primary N) is 2. The van der Waals surface area contributed by atoms with Gasteiger partial charge in [-0.05, 0) is 0 Å². The maximum absolute atomic E-state index is 10.2. The Kier molecular flexibility index (Phi) is 5.67. The summed E-state index contributed by atoms with van der Waals surface area (Å²) in [6.45, 7) is -0.334. The van der Waals surface area contributed by atoms with E-state index in [2.05, 4.69) is 30.1 Å². The van der Waals surface area contributed by atoms with Crippen molar-refractivity contribution in [1.82, 2.24) is 39.5 Å². The van der Waals surface area contributed by atoms with E-state index in [0.29, 0.717) is 33.7 Å². The van der Waals surface area contributed by atoms with Crippen molar-refractivity contribution in [2.45, 2.75) is 48.1 Å². The van der Waals surface area contributed by atoms with E-state index in [1.165, 1.54) is 34.4 Å². The molecule has 4 saturated heterocycles. The maximum Gasteiger partial charge on any atom is 0.182 e. The minimum Gasteiger partial charge on any atom is -0.393 e. The molecule has 8 N–H and O–H groups in total. The number of ether oxygens (including phenoxy) is 4. The molecule has 0 saturated carbocycles. The van der Waals surface area contributed by atoms with Crippen LogP contribution in [0.25, 0.3) is 22.1 Å². The molecule has 0 aliphatic carbocycles. The lowest BCUT2D eigenvalue weighted by Crippen LogP contribution is -2.44. The highest BCUT2D eigenvalue weighted by Crippen LogP contribution is 2.46. The van der Waals surface area contributed by atoms with Gasteiger partial charge in [0.05, 0.1) is 49.6 Å².